The molecule has 0 radical (unpaired) electrons. The number of nitrogens with one attached hydrogen (secondary N) is 1. The summed E-state index contributed by atoms with van der Waals surface area (Å²) in [5.74, 6) is 0. The third-order valence-corrected chi connectivity index (χ3v) is 3.62. The van der Waals surface area contributed by atoms with Crippen molar-refractivity contribution in [2.75, 3.05) is 13.1 Å². The third kappa shape index (κ3) is 5.95. The molecule has 0 aliphatic rings. The van der Waals surface area contributed by atoms with Gasteiger partial charge in [0.2, 0.25) is 0 Å². The molecular formula is C13H20BrN. The summed E-state index contributed by atoms with van der Waals surface area (Å²) in [6, 6.07) is 10.6. The first-order valence-corrected chi connectivity index (χ1v) is 6.63. The second-order valence-corrected chi connectivity index (χ2v) is 5.07. The summed E-state index contributed by atoms with van der Waals surface area (Å²) < 4.78 is 0. The van der Waals surface area contributed by atoms with Crippen molar-refractivity contribution in [3.8, 4) is 0 Å². The minimum absolute atomic E-state index is 0.668. The van der Waals surface area contributed by atoms with Crippen LogP contribution in [-0.4, -0.2) is 17.9 Å². The standard InChI is InChI=1S/C13H20BrN/c1-2-13(14)9-11-15-10-8-12-6-4-3-5-7-12/h3-7,13,15H,2,8-11H2,1H3. The van der Waals surface area contributed by atoms with Gasteiger partial charge in [0.15, 0.2) is 0 Å². The molecule has 2 heteroatoms. The van der Waals surface area contributed by atoms with Gasteiger partial charge in [0.1, 0.15) is 0 Å². The van der Waals surface area contributed by atoms with Crippen molar-refractivity contribution >= 4 is 15.9 Å². The van der Waals surface area contributed by atoms with E-state index in [2.05, 4.69) is 58.5 Å². The van der Waals surface area contributed by atoms with Crippen LogP contribution < -0.4 is 5.32 Å². The molecule has 1 rings (SSSR count). The van der Waals surface area contributed by atoms with Crippen LogP contribution >= 0.6 is 15.9 Å². The van der Waals surface area contributed by atoms with Crippen molar-refractivity contribution in [2.45, 2.75) is 31.0 Å². The molecule has 1 unspecified atom stereocenters. The maximum atomic E-state index is 3.63. The first kappa shape index (κ1) is 12.7. The molecule has 0 bridgehead atoms. The van der Waals surface area contributed by atoms with Gasteiger partial charge in [-0.05, 0) is 37.9 Å². The number of hydrogen-bond acceptors (Lipinski definition) is 1. The molecule has 0 aliphatic carbocycles. The smallest absolute Gasteiger partial charge is 0.0155 e. The maximum Gasteiger partial charge on any atom is 0.0155 e. The van der Waals surface area contributed by atoms with Gasteiger partial charge in [-0.1, -0.05) is 53.2 Å². The van der Waals surface area contributed by atoms with Crippen molar-refractivity contribution in [2.24, 2.45) is 0 Å². The van der Waals surface area contributed by atoms with E-state index in [0.29, 0.717) is 4.83 Å². The van der Waals surface area contributed by atoms with E-state index in [1.54, 1.807) is 0 Å². The number of alkyl halides is 1. The quantitative estimate of drug-likeness (QED) is 0.591. The Labute approximate surface area is 101 Å². The zero-order valence-corrected chi connectivity index (χ0v) is 11.0. The van der Waals surface area contributed by atoms with E-state index < -0.39 is 0 Å². The molecule has 15 heavy (non-hydrogen) atoms. The summed E-state index contributed by atoms with van der Waals surface area (Å²) in [4.78, 5) is 0.668. The Balaban J connectivity index is 2.03. The Morgan fingerprint density at radius 3 is 2.60 bits per heavy atom. The van der Waals surface area contributed by atoms with Gasteiger partial charge in [0.05, 0.1) is 0 Å². The highest BCUT2D eigenvalue weighted by atomic mass is 79.9. The van der Waals surface area contributed by atoms with Crippen molar-refractivity contribution < 1.29 is 0 Å². The molecule has 0 aromatic heterocycles. The minimum Gasteiger partial charge on any atom is -0.316 e. The predicted molar refractivity (Wildman–Crippen MR) is 70.6 cm³/mol. The van der Waals surface area contributed by atoms with Crippen molar-refractivity contribution in [1.82, 2.24) is 5.32 Å². The van der Waals surface area contributed by atoms with Gasteiger partial charge < -0.3 is 5.32 Å². The van der Waals surface area contributed by atoms with Crippen LogP contribution in [-0.2, 0) is 6.42 Å². The van der Waals surface area contributed by atoms with Gasteiger partial charge in [-0.15, -0.1) is 0 Å². The lowest BCUT2D eigenvalue weighted by molar-refractivity contribution is 0.629. The van der Waals surface area contributed by atoms with E-state index in [1.807, 2.05) is 0 Å². The number of rotatable bonds is 7. The molecule has 84 valence electrons. The molecule has 0 fully saturated rings. The molecule has 1 N–H and O–H groups in total. The lowest BCUT2D eigenvalue weighted by Crippen LogP contribution is -2.20. The predicted octanol–water partition coefficient (Wildman–Crippen LogP) is 3.38. The Morgan fingerprint density at radius 1 is 1.20 bits per heavy atom. The summed E-state index contributed by atoms with van der Waals surface area (Å²) >= 11 is 3.63. The highest BCUT2D eigenvalue weighted by Gasteiger charge is 1.99. The third-order valence-electron chi connectivity index (χ3n) is 2.51. The summed E-state index contributed by atoms with van der Waals surface area (Å²) in [5.41, 5.74) is 1.41. The fourth-order valence-corrected chi connectivity index (χ4v) is 1.69. The summed E-state index contributed by atoms with van der Waals surface area (Å²) in [6.07, 6.45) is 3.55. The van der Waals surface area contributed by atoms with Crippen molar-refractivity contribution in [3.63, 3.8) is 0 Å². The Bertz CT molecular complexity index is 248. The van der Waals surface area contributed by atoms with E-state index in [0.717, 1.165) is 19.5 Å². The van der Waals surface area contributed by atoms with E-state index in [4.69, 9.17) is 0 Å². The lowest BCUT2D eigenvalue weighted by Gasteiger charge is -2.07. The summed E-state index contributed by atoms with van der Waals surface area (Å²) in [7, 11) is 0. The van der Waals surface area contributed by atoms with Crippen LogP contribution in [0.15, 0.2) is 30.3 Å². The van der Waals surface area contributed by atoms with Crippen LogP contribution in [0.5, 0.6) is 0 Å². The summed E-state index contributed by atoms with van der Waals surface area (Å²) in [6.45, 7) is 4.40. The maximum absolute atomic E-state index is 3.63. The average Bonchev–Trinajstić information content (AvgIpc) is 2.29. The van der Waals surface area contributed by atoms with Crippen LogP contribution in [0.3, 0.4) is 0 Å². The molecule has 0 aliphatic heterocycles. The lowest BCUT2D eigenvalue weighted by atomic mass is 10.1. The van der Waals surface area contributed by atoms with Gasteiger partial charge in [-0.3, -0.25) is 0 Å². The zero-order chi connectivity index (χ0) is 10.9. The highest BCUT2D eigenvalue weighted by Crippen LogP contribution is 2.07. The second kappa shape index (κ2) is 7.89. The Hall–Kier alpha value is -0.340. The van der Waals surface area contributed by atoms with Crippen molar-refractivity contribution in [3.05, 3.63) is 35.9 Å². The topological polar surface area (TPSA) is 12.0 Å². The van der Waals surface area contributed by atoms with Gasteiger partial charge in [0.25, 0.3) is 0 Å². The van der Waals surface area contributed by atoms with E-state index in [1.165, 1.54) is 18.4 Å². The van der Waals surface area contributed by atoms with Crippen LogP contribution in [0.1, 0.15) is 25.3 Å². The molecule has 0 saturated heterocycles. The van der Waals surface area contributed by atoms with Crippen LogP contribution in [0.4, 0.5) is 0 Å². The second-order valence-electron chi connectivity index (χ2n) is 3.78. The molecule has 1 atom stereocenters. The number of halogens is 1. The Morgan fingerprint density at radius 2 is 1.93 bits per heavy atom. The van der Waals surface area contributed by atoms with Gasteiger partial charge >= 0.3 is 0 Å². The van der Waals surface area contributed by atoms with Crippen LogP contribution in [0.25, 0.3) is 0 Å². The number of hydrogen-bond donors (Lipinski definition) is 1. The first-order valence-electron chi connectivity index (χ1n) is 5.71. The van der Waals surface area contributed by atoms with E-state index in [-0.39, 0.29) is 0 Å². The highest BCUT2D eigenvalue weighted by molar-refractivity contribution is 9.09. The SMILES string of the molecule is CCC(Br)CCNCCc1ccccc1. The molecule has 1 aromatic carbocycles. The van der Waals surface area contributed by atoms with E-state index in [9.17, 15) is 0 Å². The molecular weight excluding hydrogens is 250 g/mol. The van der Waals surface area contributed by atoms with Gasteiger partial charge in [0, 0.05) is 4.83 Å². The molecule has 0 heterocycles. The first-order chi connectivity index (χ1) is 7.33. The summed E-state index contributed by atoms with van der Waals surface area (Å²) in [5, 5.41) is 3.47. The Kier molecular flexibility index (Phi) is 6.69. The zero-order valence-electron chi connectivity index (χ0n) is 9.38. The normalized spacial score (nSPS) is 12.7. The monoisotopic (exact) mass is 269 g/mol. The molecule has 0 saturated carbocycles. The van der Waals surface area contributed by atoms with Gasteiger partial charge in [-0.2, -0.15) is 0 Å². The molecule has 1 nitrogen and oxygen atoms in total. The number of benzene rings is 1. The average molecular weight is 270 g/mol. The van der Waals surface area contributed by atoms with Gasteiger partial charge in [-0.25, -0.2) is 0 Å². The van der Waals surface area contributed by atoms with E-state index >= 15 is 0 Å². The van der Waals surface area contributed by atoms with Crippen LogP contribution in [0.2, 0.25) is 0 Å². The molecule has 1 aromatic rings. The fraction of sp³-hybridized carbons (Fsp3) is 0.538. The largest absolute Gasteiger partial charge is 0.316 e. The minimum atomic E-state index is 0.668. The van der Waals surface area contributed by atoms with Crippen LogP contribution in [0, 0.1) is 0 Å². The molecule has 0 amide bonds. The fourth-order valence-electron chi connectivity index (χ4n) is 1.47. The van der Waals surface area contributed by atoms with Crippen molar-refractivity contribution in [1.29, 1.82) is 0 Å². The molecule has 0 spiro atoms.